The zero-order valence-corrected chi connectivity index (χ0v) is 9.32. The lowest BCUT2D eigenvalue weighted by molar-refractivity contribution is 0.672. The van der Waals surface area contributed by atoms with E-state index in [4.69, 9.17) is 11.6 Å². The molecule has 0 atom stereocenters. The maximum Gasteiger partial charge on any atom is 0.218 e. The van der Waals surface area contributed by atoms with Gasteiger partial charge in [0.15, 0.2) is 4.73 Å². The Kier molecular flexibility index (Phi) is 3.09. The van der Waals surface area contributed by atoms with Crippen molar-refractivity contribution in [3.63, 3.8) is 0 Å². The van der Waals surface area contributed by atoms with E-state index in [0.29, 0.717) is 21.0 Å². The number of nitrogens with zero attached hydrogens (tertiary/aromatic N) is 3. The third-order valence-corrected chi connectivity index (χ3v) is 1.96. The van der Waals surface area contributed by atoms with E-state index in [1.165, 1.54) is 0 Å². The number of aromatic nitrogens is 3. The molecule has 0 N–H and O–H groups in total. The largest absolute Gasteiger partial charge is 0.234 e. The first kappa shape index (κ1) is 9.22. The highest BCUT2D eigenvalue weighted by molar-refractivity contribution is 9.11. The van der Waals surface area contributed by atoms with Crippen LogP contribution in [-0.2, 0) is 6.54 Å². The Morgan fingerprint density at radius 1 is 1.64 bits per heavy atom. The van der Waals surface area contributed by atoms with E-state index in [0.717, 1.165) is 0 Å². The van der Waals surface area contributed by atoms with Crippen LogP contribution in [0.1, 0.15) is 0 Å². The minimum absolute atomic E-state index is 0.459. The van der Waals surface area contributed by atoms with Crippen LogP contribution in [0, 0.1) is 0 Å². The molecule has 0 aromatic carbocycles. The van der Waals surface area contributed by atoms with Crippen molar-refractivity contribution >= 4 is 43.5 Å². The Hall–Kier alpha value is 0.130. The average Bonchev–Trinajstić information content (AvgIpc) is 2.09. The van der Waals surface area contributed by atoms with E-state index in [1.807, 2.05) is 0 Å². The molecule has 3 nitrogen and oxygen atoms in total. The van der Waals surface area contributed by atoms with E-state index in [-0.39, 0.29) is 0 Å². The molecule has 0 aliphatic heterocycles. The highest BCUT2D eigenvalue weighted by Gasteiger charge is 2.04. The fraction of sp³-hybridized carbons (Fsp3) is 0.200. The Morgan fingerprint density at radius 3 is 2.64 bits per heavy atom. The molecule has 0 aliphatic carbocycles. The predicted molar refractivity (Wildman–Crippen MR) is 50.4 cm³/mol. The van der Waals surface area contributed by atoms with E-state index < -0.39 is 0 Å². The smallest absolute Gasteiger partial charge is 0.218 e. The molecule has 0 spiro atoms. The summed E-state index contributed by atoms with van der Waals surface area (Å²) in [6.07, 6.45) is 0. The monoisotopic (exact) mass is 299 g/mol. The van der Waals surface area contributed by atoms with Gasteiger partial charge in [-0.1, -0.05) is 18.2 Å². The van der Waals surface area contributed by atoms with Crippen molar-refractivity contribution in [3.05, 3.63) is 21.1 Å². The van der Waals surface area contributed by atoms with Crippen LogP contribution in [-0.4, -0.2) is 14.8 Å². The number of halogens is 3. The van der Waals surface area contributed by atoms with Gasteiger partial charge in [-0.15, -0.1) is 5.10 Å². The molecule has 0 bridgehead atoms. The second kappa shape index (κ2) is 3.69. The lowest BCUT2D eigenvalue weighted by Crippen LogP contribution is -1.99. The SMILES string of the molecule is C=C(Cl)Cn1nc(Br)nc1Br. The van der Waals surface area contributed by atoms with Crippen molar-refractivity contribution in [2.24, 2.45) is 0 Å². The highest BCUT2D eigenvalue weighted by Crippen LogP contribution is 2.13. The molecule has 0 saturated carbocycles. The van der Waals surface area contributed by atoms with Crippen molar-refractivity contribution in [1.29, 1.82) is 0 Å². The molecule has 6 heteroatoms. The molecule has 60 valence electrons. The highest BCUT2D eigenvalue weighted by atomic mass is 79.9. The Balaban J connectivity index is 2.85. The van der Waals surface area contributed by atoms with Gasteiger partial charge in [0.25, 0.3) is 0 Å². The first-order chi connectivity index (χ1) is 5.09. The average molecular weight is 301 g/mol. The fourth-order valence-corrected chi connectivity index (χ4v) is 1.64. The molecular weight excluding hydrogens is 297 g/mol. The summed E-state index contributed by atoms with van der Waals surface area (Å²) in [6, 6.07) is 0. The Morgan fingerprint density at radius 2 is 2.27 bits per heavy atom. The van der Waals surface area contributed by atoms with Crippen molar-refractivity contribution in [2.45, 2.75) is 6.54 Å². The Bertz CT molecular complexity index is 283. The van der Waals surface area contributed by atoms with Crippen LogP contribution >= 0.6 is 43.5 Å². The number of hydrogen-bond donors (Lipinski definition) is 0. The second-order valence-electron chi connectivity index (χ2n) is 1.82. The summed E-state index contributed by atoms with van der Waals surface area (Å²) in [5.41, 5.74) is 0. The van der Waals surface area contributed by atoms with Gasteiger partial charge in [-0.05, 0) is 31.9 Å². The van der Waals surface area contributed by atoms with Crippen LogP contribution in [0.4, 0.5) is 0 Å². The standard InChI is InChI=1S/C5H4Br2ClN3/c1-3(8)2-11-5(7)9-4(6)10-11/h1-2H2. The van der Waals surface area contributed by atoms with Gasteiger partial charge in [-0.3, -0.25) is 0 Å². The minimum atomic E-state index is 0.459. The summed E-state index contributed by atoms with van der Waals surface area (Å²) >= 11 is 11.9. The summed E-state index contributed by atoms with van der Waals surface area (Å²) < 4.78 is 2.76. The van der Waals surface area contributed by atoms with Crippen LogP contribution in [0.5, 0.6) is 0 Å². The summed E-state index contributed by atoms with van der Waals surface area (Å²) in [5.74, 6) is 0. The quantitative estimate of drug-likeness (QED) is 0.840. The topological polar surface area (TPSA) is 30.7 Å². The molecule has 0 fully saturated rings. The van der Waals surface area contributed by atoms with Gasteiger partial charge in [0.2, 0.25) is 4.73 Å². The lowest BCUT2D eigenvalue weighted by atomic mass is 10.6. The van der Waals surface area contributed by atoms with Gasteiger partial charge >= 0.3 is 0 Å². The normalized spacial score (nSPS) is 10.1. The van der Waals surface area contributed by atoms with Gasteiger partial charge in [0, 0.05) is 5.03 Å². The molecule has 0 saturated heterocycles. The fourth-order valence-electron chi connectivity index (χ4n) is 0.560. The predicted octanol–water partition coefficient (Wildman–Crippen LogP) is 2.56. The van der Waals surface area contributed by atoms with Crippen molar-refractivity contribution in [1.82, 2.24) is 14.8 Å². The molecule has 0 aliphatic rings. The van der Waals surface area contributed by atoms with Crippen LogP contribution in [0.25, 0.3) is 0 Å². The molecular formula is C5H4Br2ClN3. The maximum absolute atomic E-state index is 5.57. The van der Waals surface area contributed by atoms with Gasteiger partial charge in [0.1, 0.15) is 0 Å². The van der Waals surface area contributed by atoms with Crippen LogP contribution in [0.15, 0.2) is 21.1 Å². The molecule has 1 aromatic rings. The summed E-state index contributed by atoms with van der Waals surface area (Å²) in [6.45, 7) is 4.00. The summed E-state index contributed by atoms with van der Waals surface area (Å²) in [7, 11) is 0. The summed E-state index contributed by atoms with van der Waals surface area (Å²) in [5, 5.41) is 4.50. The van der Waals surface area contributed by atoms with Crippen LogP contribution in [0.2, 0.25) is 0 Å². The third kappa shape index (κ3) is 2.57. The molecule has 11 heavy (non-hydrogen) atoms. The molecule has 0 unspecified atom stereocenters. The number of allylic oxidation sites excluding steroid dienone is 1. The number of hydrogen-bond acceptors (Lipinski definition) is 2. The van der Waals surface area contributed by atoms with Crippen molar-refractivity contribution in [2.75, 3.05) is 0 Å². The molecule has 1 aromatic heterocycles. The van der Waals surface area contributed by atoms with Gasteiger partial charge < -0.3 is 0 Å². The minimum Gasteiger partial charge on any atom is -0.234 e. The zero-order chi connectivity index (χ0) is 8.43. The van der Waals surface area contributed by atoms with Gasteiger partial charge in [0.05, 0.1) is 6.54 Å². The van der Waals surface area contributed by atoms with Crippen LogP contribution < -0.4 is 0 Å². The van der Waals surface area contributed by atoms with E-state index in [1.54, 1.807) is 4.68 Å². The molecule has 0 radical (unpaired) electrons. The first-order valence-corrected chi connectivity index (χ1v) is 4.65. The van der Waals surface area contributed by atoms with E-state index in [9.17, 15) is 0 Å². The Labute approximate surface area is 85.7 Å². The van der Waals surface area contributed by atoms with Crippen LogP contribution in [0.3, 0.4) is 0 Å². The molecule has 1 heterocycles. The first-order valence-electron chi connectivity index (χ1n) is 2.68. The van der Waals surface area contributed by atoms with E-state index >= 15 is 0 Å². The van der Waals surface area contributed by atoms with Gasteiger partial charge in [-0.2, -0.15) is 4.98 Å². The van der Waals surface area contributed by atoms with Crippen molar-refractivity contribution in [3.8, 4) is 0 Å². The second-order valence-corrected chi connectivity index (χ2v) is 3.78. The lowest BCUT2D eigenvalue weighted by Gasteiger charge is -1.96. The zero-order valence-electron chi connectivity index (χ0n) is 5.39. The van der Waals surface area contributed by atoms with Gasteiger partial charge in [-0.25, -0.2) is 4.68 Å². The van der Waals surface area contributed by atoms with Crippen molar-refractivity contribution < 1.29 is 0 Å². The maximum atomic E-state index is 5.57. The third-order valence-electron chi connectivity index (χ3n) is 0.922. The summed E-state index contributed by atoms with van der Waals surface area (Å²) in [4.78, 5) is 3.95. The molecule has 1 rings (SSSR count). The number of rotatable bonds is 2. The van der Waals surface area contributed by atoms with E-state index in [2.05, 4.69) is 48.5 Å². The molecule has 0 amide bonds.